The lowest BCUT2D eigenvalue weighted by molar-refractivity contribution is -0.157. The average molecular weight is 764 g/mol. The van der Waals surface area contributed by atoms with Crippen LogP contribution >= 0.6 is 11.8 Å². The van der Waals surface area contributed by atoms with E-state index in [2.05, 4.69) is 38.3 Å². The summed E-state index contributed by atoms with van der Waals surface area (Å²) in [6.45, 7) is 5.56. The van der Waals surface area contributed by atoms with Gasteiger partial charge in [0.15, 0.2) is 28.5 Å². The molecule has 3 aromatic carbocycles. The van der Waals surface area contributed by atoms with Crippen molar-refractivity contribution in [3.63, 3.8) is 0 Å². The van der Waals surface area contributed by atoms with Gasteiger partial charge in [0, 0.05) is 64.5 Å². The van der Waals surface area contributed by atoms with E-state index in [4.69, 9.17) is 23.7 Å². The van der Waals surface area contributed by atoms with Crippen molar-refractivity contribution < 1.29 is 38.4 Å². The number of rotatable bonds is 2. The van der Waals surface area contributed by atoms with Crippen LogP contribution in [0.5, 0.6) is 28.7 Å². The van der Waals surface area contributed by atoms with Crippen molar-refractivity contribution >= 4 is 34.6 Å². The molecule has 0 radical (unpaired) electrons. The van der Waals surface area contributed by atoms with Crippen LogP contribution in [0.3, 0.4) is 0 Å². The summed E-state index contributed by atoms with van der Waals surface area (Å²) in [6.07, 6.45) is 1.25. The van der Waals surface area contributed by atoms with Gasteiger partial charge in [0.2, 0.25) is 6.79 Å². The van der Waals surface area contributed by atoms with E-state index in [0.29, 0.717) is 47.1 Å². The Morgan fingerprint density at radius 3 is 2.71 bits per heavy atom. The number of H-pyrrole nitrogens is 1. The lowest BCUT2D eigenvalue weighted by atomic mass is 9.71. The molecule has 0 amide bonds. The largest absolute Gasteiger partial charge is 0.504 e. The number of methoxy groups -OCH3 is 1. The maximum absolute atomic E-state index is 14.8. The third-order valence-electron chi connectivity index (χ3n) is 12.8. The lowest BCUT2D eigenvalue weighted by Crippen LogP contribution is -2.69. The molecule has 11 rings (SSSR count). The first-order chi connectivity index (χ1) is 26.6. The van der Waals surface area contributed by atoms with Crippen molar-refractivity contribution in [2.75, 3.05) is 39.9 Å². The summed E-state index contributed by atoms with van der Waals surface area (Å²) in [4.78, 5) is 35.8. The molecule has 1 unspecified atom stereocenters. The summed E-state index contributed by atoms with van der Waals surface area (Å²) in [5.41, 5.74) is 6.13. The molecule has 0 saturated carbocycles. The molecule has 4 bridgehead atoms. The Kier molecular flexibility index (Phi) is 7.71. The number of carbonyl (C=O) groups is 2. The number of benzene rings is 3. The van der Waals surface area contributed by atoms with Gasteiger partial charge in [0.25, 0.3) is 0 Å². The molecule has 284 valence electrons. The molecular formula is C41H41N5O8S. The standard InChI is InChI=1S/C41H41N5O8S/c1-18-12-21-13-25-26(14-42)46-27-15-51-40(49)41(39-23(10-11-43-41)22-8-6-7-9-24(22)44-39)16-55-38(32(46)31(45(25)4)28(21)33(48)34(18)50-5)30-29(27)37-36(52-17-53-37)19(2)35(30)54-20(3)47/h6-9,12,25-27,31-32,38,43-44,48H,10-11,13,15-17H2,1-5H3/t25-,26-,27-,31-,32?,38+,41+/m0/s1. The Labute approximate surface area is 321 Å². The monoisotopic (exact) mass is 763 g/mol. The van der Waals surface area contributed by atoms with E-state index in [1.807, 2.05) is 39.1 Å². The molecule has 1 aromatic heterocycles. The number of nitriles is 1. The highest BCUT2D eigenvalue weighted by Gasteiger charge is 2.62. The first-order valence-corrected chi connectivity index (χ1v) is 19.7. The van der Waals surface area contributed by atoms with Gasteiger partial charge in [0.05, 0.1) is 36.2 Å². The highest BCUT2D eigenvalue weighted by Crippen LogP contribution is 2.64. The van der Waals surface area contributed by atoms with Gasteiger partial charge in [-0.3, -0.25) is 19.9 Å². The summed E-state index contributed by atoms with van der Waals surface area (Å²) >= 11 is 1.56. The molecule has 2 saturated heterocycles. The topological polar surface area (TPSA) is 159 Å². The van der Waals surface area contributed by atoms with Crippen LogP contribution in [0.15, 0.2) is 30.3 Å². The van der Waals surface area contributed by atoms with Gasteiger partial charge in [-0.25, -0.2) is 4.79 Å². The minimum atomic E-state index is -1.24. The van der Waals surface area contributed by atoms with Crippen LogP contribution in [0.1, 0.15) is 68.9 Å². The number of ether oxygens (including phenoxy) is 5. The van der Waals surface area contributed by atoms with Crippen LogP contribution in [0, 0.1) is 25.2 Å². The number of thioether (sulfide) groups is 1. The number of carbonyl (C=O) groups excluding carboxylic acids is 2. The number of esters is 2. The molecule has 8 heterocycles. The molecule has 2 fully saturated rings. The third kappa shape index (κ3) is 4.58. The molecule has 55 heavy (non-hydrogen) atoms. The molecule has 4 aromatic rings. The molecule has 3 N–H and O–H groups in total. The molecule has 7 atom stereocenters. The summed E-state index contributed by atoms with van der Waals surface area (Å²) in [5.74, 6) is 1.15. The van der Waals surface area contributed by atoms with Gasteiger partial charge in [-0.15, -0.1) is 11.8 Å². The fraction of sp³-hybridized carbons (Fsp3) is 0.439. The van der Waals surface area contributed by atoms with Crippen LogP contribution < -0.4 is 24.3 Å². The zero-order valence-corrected chi connectivity index (χ0v) is 32.0. The Morgan fingerprint density at radius 2 is 1.93 bits per heavy atom. The Morgan fingerprint density at radius 1 is 1.13 bits per heavy atom. The molecule has 7 aliphatic rings. The molecule has 1 spiro atoms. The van der Waals surface area contributed by atoms with Crippen molar-refractivity contribution in [3.8, 4) is 34.8 Å². The van der Waals surface area contributed by atoms with E-state index in [0.717, 1.165) is 50.8 Å². The SMILES string of the molecule is COc1c(C)cc2c(c1O)[C@H]1C3[C@@H]4SC[C@]5(NCCc6c5[nH]c5ccccc65)C(=O)OC[C@@H](c5c6c(c(C)c(OC(C)=O)c54)OCO6)N3[C@@H](C#N)[C@H](C2)N1C. The van der Waals surface area contributed by atoms with Gasteiger partial charge < -0.3 is 33.8 Å². The predicted molar refractivity (Wildman–Crippen MR) is 202 cm³/mol. The summed E-state index contributed by atoms with van der Waals surface area (Å²) < 4.78 is 30.7. The third-order valence-corrected chi connectivity index (χ3v) is 14.3. The smallest absolute Gasteiger partial charge is 0.333 e. The predicted octanol–water partition coefficient (Wildman–Crippen LogP) is 4.75. The van der Waals surface area contributed by atoms with Crippen LogP contribution in [0.2, 0.25) is 0 Å². The number of phenols is 1. The number of aryl methyl sites for hydroxylation is 1. The molecule has 0 aliphatic carbocycles. The summed E-state index contributed by atoms with van der Waals surface area (Å²) in [6, 6.07) is 10.3. The molecule has 14 heteroatoms. The zero-order chi connectivity index (χ0) is 38.1. The van der Waals surface area contributed by atoms with Crippen LogP contribution in [-0.4, -0.2) is 89.8 Å². The molecular weight excluding hydrogens is 723 g/mol. The second kappa shape index (κ2) is 12.3. The van der Waals surface area contributed by atoms with Crippen molar-refractivity contribution in [1.82, 2.24) is 20.1 Å². The van der Waals surface area contributed by atoms with Crippen LogP contribution in [0.25, 0.3) is 10.9 Å². The van der Waals surface area contributed by atoms with Crippen LogP contribution in [0.4, 0.5) is 0 Å². The van der Waals surface area contributed by atoms with Crippen molar-refractivity contribution in [2.24, 2.45) is 0 Å². The second-order valence-electron chi connectivity index (χ2n) is 15.4. The number of nitrogens with zero attached hydrogens (tertiary/aromatic N) is 3. The number of piperazine rings is 1. The van der Waals surface area contributed by atoms with E-state index >= 15 is 0 Å². The van der Waals surface area contributed by atoms with Gasteiger partial charge in [-0.2, -0.15) is 5.26 Å². The van der Waals surface area contributed by atoms with Gasteiger partial charge in [-0.1, -0.05) is 24.3 Å². The number of para-hydroxylation sites is 1. The highest BCUT2D eigenvalue weighted by molar-refractivity contribution is 7.99. The zero-order valence-electron chi connectivity index (χ0n) is 31.1. The number of nitrogens with one attached hydrogen (secondary N) is 2. The van der Waals surface area contributed by atoms with E-state index in [1.165, 1.54) is 6.92 Å². The first-order valence-electron chi connectivity index (χ1n) is 18.7. The maximum atomic E-state index is 14.8. The number of phenolic OH excluding ortho intramolecular Hbond substituents is 1. The number of aromatic nitrogens is 1. The summed E-state index contributed by atoms with van der Waals surface area (Å²) in [7, 11) is 3.57. The second-order valence-corrected chi connectivity index (χ2v) is 16.6. The molecule has 7 aliphatic heterocycles. The van der Waals surface area contributed by atoms with E-state index < -0.39 is 46.9 Å². The minimum absolute atomic E-state index is 0.0356. The van der Waals surface area contributed by atoms with Crippen LogP contribution in [-0.2, 0) is 32.7 Å². The number of likely N-dealkylation sites (N-methyl/N-ethyl adjacent to an activating group) is 1. The highest BCUT2D eigenvalue weighted by atomic mass is 32.2. The van der Waals surface area contributed by atoms with Gasteiger partial charge in [-0.05, 0) is 56.5 Å². The fourth-order valence-corrected chi connectivity index (χ4v) is 12.3. The van der Waals surface area contributed by atoms with Crippen molar-refractivity contribution in [2.45, 2.75) is 74.6 Å². The number of hydrogen-bond acceptors (Lipinski definition) is 13. The lowest BCUT2D eigenvalue weighted by Gasteiger charge is -2.62. The van der Waals surface area contributed by atoms with Gasteiger partial charge in [0.1, 0.15) is 18.4 Å². The first kappa shape index (κ1) is 34.5. The van der Waals surface area contributed by atoms with Crippen molar-refractivity contribution in [3.05, 3.63) is 75.0 Å². The normalized spacial score (nSPS) is 29.1. The fourth-order valence-electron chi connectivity index (χ4n) is 10.6. The van der Waals surface area contributed by atoms with Gasteiger partial charge >= 0.3 is 11.9 Å². The number of fused-ring (bicyclic) bond motifs is 11. The Bertz CT molecular complexity index is 2390. The summed E-state index contributed by atoms with van der Waals surface area (Å²) in [5, 5.41) is 27.4. The number of aromatic amines is 1. The molecule has 13 nitrogen and oxygen atoms in total. The Hall–Kier alpha value is -4.94. The number of hydrogen-bond donors (Lipinski definition) is 3. The minimum Gasteiger partial charge on any atom is -0.504 e. The van der Waals surface area contributed by atoms with E-state index in [1.54, 1.807) is 18.9 Å². The quantitative estimate of drug-likeness (QED) is 0.190. The Balaban J connectivity index is 1.25. The number of aromatic hydroxyl groups is 1. The maximum Gasteiger partial charge on any atom is 0.333 e. The van der Waals surface area contributed by atoms with E-state index in [9.17, 15) is 20.0 Å². The van der Waals surface area contributed by atoms with E-state index in [-0.39, 0.29) is 30.9 Å². The average Bonchev–Trinajstić information content (AvgIpc) is 3.81. The van der Waals surface area contributed by atoms with Crippen molar-refractivity contribution in [1.29, 1.82) is 5.26 Å².